The monoisotopic (exact) mass is 215 g/mol. The first-order chi connectivity index (χ1) is 6.79. The minimum Gasteiger partial charge on any atom is -0.395 e. The van der Waals surface area contributed by atoms with Crippen LogP contribution in [0.3, 0.4) is 0 Å². The number of nitrogens with zero attached hydrogens (tertiary/aromatic N) is 1. The van der Waals surface area contributed by atoms with E-state index < -0.39 is 0 Å². The molecular formula is C11H21NOS. The van der Waals surface area contributed by atoms with E-state index >= 15 is 0 Å². The Kier molecular flexibility index (Phi) is 3.40. The Morgan fingerprint density at radius 1 is 1.36 bits per heavy atom. The molecule has 2 fully saturated rings. The van der Waals surface area contributed by atoms with Crippen LogP contribution in [0.5, 0.6) is 0 Å². The zero-order valence-corrected chi connectivity index (χ0v) is 9.68. The first-order valence-corrected chi connectivity index (χ1v) is 6.39. The second kappa shape index (κ2) is 4.42. The minimum absolute atomic E-state index is 0.336. The predicted molar refractivity (Wildman–Crippen MR) is 61.8 cm³/mol. The van der Waals surface area contributed by atoms with Crippen LogP contribution in [-0.2, 0) is 0 Å². The molecule has 82 valence electrons. The highest BCUT2D eigenvalue weighted by Gasteiger charge is 2.39. The number of aliphatic hydroxyl groups is 1. The fraction of sp³-hybridized carbons (Fsp3) is 1.00. The van der Waals surface area contributed by atoms with Gasteiger partial charge in [0.2, 0.25) is 0 Å². The highest BCUT2D eigenvalue weighted by atomic mass is 32.1. The van der Waals surface area contributed by atoms with Crippen LogP contribution in [0.2, 0.25) is 0 Å². The van der Waals surface area contributed by atoms with E-state index in [9.17, 15) is 5.11 Å². The molecule has 1 heterocycles. The number of aliphatic hydroxyl groups excluding tert-OH is 1. The first-order valence-electron chi connectivity index (χ1n) is 5.75. The van der Waals surface area contributed by atoms with E-state index in [1.165, 1.54) is 45.2 Å². The van der Waals surface area contributed by atoms with Crippen LogP contribution < -0.4 is 0 Å². The lowest BCUT2D eigenvalue weighted by molar-refractivity contribution is 0.0647. The smallest absolute Gasteiger partial charge is 0.0586 e. The standard InChI is InChI=1S/C11H21NOS/c13-7-10-3-1-6-12(10)8-11(9-14)4-2-5-11/h10,13-14H,1-9H2. The van der Waals surface area contributed by atoms with Gasteiger partial charge in [-0.25, -0.2) is 0 Å². The van der Waals surface area contributed by atoms with Crippen molar-refractivity contribution in [3.8, 4) is 0 Å². The van der Waals surface area contributed by atoms with Crippen molar-refractivity contribution >= 4 is 12.6 Å². The summed E-state index contributed by atoms with van der Waals surface area (Å²) >= 11 is 4.47. The Labute approximate surface area is 92.1 Å². The Hall–Kier alpha value is 0.270. The third kappa shape index (κ3) is 1.95. The molecule has 1 saturated heterocycles. The number of thiol groups is 1. The number of rotatable bonds is 4. The molecule has 14 heavy (non-hydrogen) atoms. The van der Waals surface area contributed by atoms with Gasteiger partial charge in [0, 0.05) is 12.6 Å². The molecule has 1 N–H and O–H groups in total. The molecule has 1 unspecified atom stereocenters. The molecule has 3 heteroatoms. The lowest BCUT2D eigenvalue weighted by Crippen LogP contribution is -2.46. The van der Waals surface area contributed by atoms with Crippen molar-refractivity contribution in [3.63, 3.8) is 0 Å². The molecule has 2 aliphatic rings. The van der Waals surface area contributed by atoms with E-state index in [-0.39, 0.29) is 0 Å². The van der Waals surface area contributed by atoms with Gasteiger partial charge >= 0.3 is 0 Å². The summed E-state index contributed by atoms with van der Waals surface area (Å²) in [4.78, 5) is 2.48. The second-order valence-electron chi connectivity index (χ2n) is 4.96. The predicted octanol–water partition coefficient (Wildman–Crippen LogP) is 1.54. The highest BCUT2D eigenvalue weighted by molar-refractivity contribution is 7.80. The summed E-state index contributed by atoms with van der Waals surface area (Å²) in [5.74, 6) is 1.02. The normalized spacial score (nSPS) is 31.7. The zero-order chi connectivity index (χ0) is 10.0. The van der Waals surface area contributed by atoms with E-state index in [0.29, 0.717) is 18.1 Å². The fourth-order valence-electron chi connectivity index (χ4n) is 2.78. The Morgan fingerprint density at radius 2 is 2.14 bits per heavy atom. The van der Waals surface area contributed by atoms with Crippen LogP contribution >= 0.6 is 12.6 Å². The lowest BCUT2D eigenvalue weighted by Gasteiger charge is -2.44. The molecule has 0 bridgehead atoms. The van der Waals surface area contributed by atoms with E-state index in [1.807, 2.05) is 0 Å². The third-order valence-corrected chi connectivity index (χ3v) is 4.67. The van der Waals surface area contributed by atoms with Gasteiger partial charge < -0.3 is 5.11 Å². The molecule has 2 rings (SSSR count). The molecule has 0 spiro atoms. The average Bonchev–Trinajstić information content (AvgIpc) is 2.58. The number of likely N-dealkylation sites (tertiary alicyclic amines) is 1. The van der Waals surface area contributed by atoms with E-state index in [2.05, 4.69) is 17.5 Å². The van der Waals surface area contributed by atoms with Gasteiger partial charge in [0.1, 0.15) is 0 Å². The van der Waals surface area contributed by atoms with Crippen LogP contribution in [0.4, 0.5) is 0 Å². The second-order valence-corrected chi connectivity index (χ2v) is 5.28. The maximum absolute atomic E-state index is 9.24. The maximum Gasteiger partial charge on any atom is 0.0586 e. The van der Waals surface area contributed by atoms with Gasteiger partial charge in [0.25, 0.3) is 0 Å². The van der Waals surface area contributed by atoms with Crippen LogP contribution in [0.1, 0.15) is 32.1 Å². The molecule has 0 aromatic heterocycles. The van der Waals surface area contributed by atoms with Gasteiger partial charge in [-0.1, -0.05) is 6.42 Å². The fourth-order valence-corrected chi connectivity index (χ4v) is 3.20. The minimum atomic E-state index is 0.336. The summed E-state index contributed by atoms with van der Waals surface area (Å²) in [5.41, 5.74) is 0.487. The average molecular weight is 215 g/mol. The van der Waals surface area contributed by atoms with Gasteiger partial charge in [-0.05, 0) is 43.4 Å². The van der Waals surface area contributed by atoms with Crippen molar-refractivity contribution in [2.45, 2.75) is 38.1 Å². The van der Waals surface area contributed by atoms with Crippen molar-refractivity contribution in [3.05, 3.63) is 0 Å². The summed E-state index contributed by atoms with van der Waals surface area (Å²) in [5, 5.41) is 9.24. The summed E-state index contributed by atoms with van der Waals surface area (Å²) in [6, 6.07) is 0.437. The first kappa shape index (κ1) is 10.8. The molecule has 0 aromatic carbocycles. The maximum atomic E-state index is 9.24. The summed E-state index contributed by atoms with van der Waals surface area (Å²) in [7, 11) is 0. The molecule has 2 nitrogen and oxygen atoms in total. The molecule has 0 aromatic rings. The van der Waals surface area contributed by atoms with Crippen molar-refractivity contribution < 1.29 is 5.11 Å². The zero-order valence-electron chi connectivity index (χ0n) is 8.78. The molecule has 1 saturated carbocycles. The SMILES string of the molecule is OCC1CCCN1CC1(CS)CCC1. The Balaban J connectivity index is 1.89. The Morgan fingerprint density at radius 3 is 2.64 bits per heavy atom. The summed E-state index contributed by atoms with van der Waals surface area (Å²) in [6.45, 7) is 2.69. The van der Waals surface area contributed by atoms with Crippen LogP contribution in [0.25, 0.3) is 0 Å². The van der Waals surface area contributed by atoms with Gasteiger partial charge in [-0.2, -0.15) is 12.6 Å². The van der Waals surface area contributed by atoms with E-state index in [4.69, 9.17) is 0 Å². The summed E-state index contributed by atoms with van der Waals surface area (Å²) in [6.07, 6.45) is 6.49. The van der Waals surface area contributed by atoms with Crippen LogP contribution in [0.15, 0.2) is 0 Å². The lowest BCUT2D eigenvalue weighted by atomic mass is 9.70. The molecule has 0 amide bonds. The van der Waals surface area contributed by atoms with Crippen molar-refractivity contribution in [1.29, 1.82) is 0 Å². The largest absolute Gasteiger partial charge is 0.395 e. The van der Waals surface area contributed by atoms with Crippen molar-refractivity contribution in [2.24, 2.45) is 5.41 Å². The van der Waals surface area contributed by atoms with E-state index in [0.717, 1.165) is 5.75 Å². The van der Waals surface area contributed by atoms with Crippen LogP contribution in [0, 0.1) is 5.41 Å². The van der Waals surface area contributed by atoms with Crippen molar-refractivity contribution in [2.75, 3.05) is 25.4 Å². The van der Waals surface area contributed by atoms with Gasteiger partial charge in [0.15, 0.2) is 0 Å². The Bertz CT molecular complexity index is 188. The molecular weight excluding hydrogens is 194 g/mol. The van der Waals surface area contributed by atoms with Gasteiger partial charge in [-0.15, -0.1) is 0 Å². The van der Waals surface area contributed by atoms with E-state index in [1.54, 1.807) is 0 Å². The summed E-state index contributed by atoms with van der Waals surface area (Å²) < 4.78 is 0. The van der Waals surface area contributed by atoms with Gasteiger partial charge in [0.05, 0.1) is 6.61 Å². The number of hydrogen-bond donors (Lipinski definition) is 2. The highest BCUT2D eigenvalue weighted by Crippen LogP contribution is 2.43. The van der Waals surface area contributed by atoms with Gasteiger partial charge in [-0.3, -0.25) is 4.90 Å². The molecule has 0 radical (unpaired) electrons. The molecule has 1 aliphatic carbocycles. The molecule has 1 atom stereocenters. The topological polar surface area (TPSA) is 23.5 Å². The third-order valence-electron chi connectivity index (χ3n) is 4.00. The van der Waals surface area contributed by atoms with Crippen molar-refractivity contribution in [1.82, 2.24) is 4.90 Å². The molecule has 1 aliphatic heterocycles. The quantitative estimate of drug-likeness (QED) is 0.695. The van der Waals surface area contributed by atoms with Crippen LogP contribution in [-0.4, -0.2) is 41.5 Å². The number of hydrogen-bond acceptors (Lipinski definition) is 3.